The van der Waals surface area contributed by atoms with Gasteiger partial charge in [-0.25, -0.2) is 14.4 Å². The fraction of sp³-hybridized carbons (Fsp3) is 0.292. The number of fused-ring (bicyclic) bond motifs is 2. The number of aromatic nitrogens is 2. The van der Waals surface area contributed by atoms with E-state index in [4.69, 9.17) is 16.3 Å². The molecule has 0 bridgehead atoms. The minimum Gasteiger partial charge on any atom is -0.489 e. The number of anilines is 3. The molecule has 0 spiro atoms. The first-order chi connectivity index (χ1) is 16.0. The summed E-state index contributed by atoms with van der Waals surface area (Å²) in [6.07, 6.45) is 4.93. The number of carbonyl (C=O) groups is 1. The highest BCUT2D eigenvalue weighted by molar-refractivity contribution is 6.31. The van der Waals surface area contributed by atoms with Gasteiger partial charge in [0.15, 0.2) is 0 Å². The van der Waals surface area contributed by atoms with Gasteiger partial charge in [-0.2, -0.15) is 0 Å². The molecule has 0 radical (unpaired) electrons. The van der Waals surface area contributed by atoms with Crippen molar-refractivity contribution in [3.8, 4) is 5.75 Å². The Balaban J connectivity index is 1.65. The summed E-state index contributed by atoms with van der Waals surface area (Å²) in [4.78, 5) is 25.6. The molecule has 1 amide bonds. The Morgan fingerprint density at radius 3 is 2.85 bits per heavy atom. The second-order valence-corrected chi connectivity index (χ2v) is 7.95. The summed E-state index contributed by atoms with van der Waals surface area (Å²) in [5, 5.41) is 3.87. The fourth-order valence-electron chi connectivity index (χ4n) is 3.68. The number of rotatable bonds is 7. The predicted molar refractivity (Wildman–Crippen MR) is 129 cm³/mol. The van der Waals surface area contributed by atoms with E-state index in [-0.39, 0.29) is 10.9 Å². The molecule has 0 aliphatic carbocycles. The molecule has 2 heterocycles. The lowest BCUT2D eigenvalue weighted by Gasteiger charge is -2.29. The van der Waals surface area contributed by atoms with Crippen molar-refractivity contribution in [3.05, 3.63) is 59.7 Å². The third kappa shape index (κ3) is 5.07. The predicted octanol–water partition coefficient (Wildman–Crippen LogP) is 4.79. The van der Waals surface area contributed by atoms with Crippen LogP contribution in [0.3, 0.4) is 0 Å². The first-order valence-corrected chi connectivity index (χ1v) is 11.2. The second-order valence-electron chi connectivity index (χ2n) is 7.54. The van der Waals surface area contributed by atoms with Crippen molar-refractivity contribution in [2.75, 3.05) is 43.0 Å². The average molecular weight is 470 g/mol. The van der Waals surface area contributed by atoms with E-state index in [9.17, 15) is 9.18 Å². The highest BCUT2D eigenvalue weighted by Crippen LogP contribution is 2.37. The molecule has 1 N–H and O–H groups in total. The van der Waals surface area contributed by atoms with E-state index >= 15 is 0 Å². The van der Waals surface area contributed by atoms with Crippen LogP contribution in [0.15, 0.2) is 48.8 Å². The zero-order valence-electron chi connectivity index (χ0n) is 18.5. The minimum atomic E-state index is -0.496. The van der Waals surface area contributed by atoms with Crippen LogP contribution in [0.4, 0.5) is 21.6 Å². The molecule has 0 saturated carbocycles. The largest absolute Gasteiger partial charge is 0.489 e. The maximum atomic E-state index is 13.5. The number of likely N-dealkylation sites (N-methyl/N-ethyl adjacent to an activating group) is 1. The molecule has 7 nitrogen and oxygen atoms in total. The summed E-state index contributed by atoms with van der Waals surface area (Å²) < 4.78 is 19.3. The van der Waals surface area contributed by atoms with Crippen molar-refractivity contribution in [3.63, 3.8) is 0 Å². The van der Waals surface area contributed by atoms with Gasteiger partial charge >= 0.3 is 0 Å². The summed E-state index contributed by atoms with van der Waals surface area (Å²) >= 11 is 5.91. The van der Waals surface area contributed by atoms with Gasteiger partial charge in [0, 0.05) is 29.8 Å². The lowest BCUT2D eigenvalue weighted by molar-refractivity contribution is -0.114. The molecule has 2 aromatic carbocycles. The van der Waals surface area contributed by atoms with Crippen molar-refractivity contribution in [1.82, 2.24) is 14.9 Å². The first kappa shape index (κ1) is 22.9. The lowest BCUT2D eigenvalue weighted by atomic mass is 10.1. The average Bonchev–Trinajstić information content (AvgIpc) is 2.82. The van der Waals surface area contributed by atoms with Gasteiger partial charge in [0.05, 0.1) is 22.8 Å². The van der Waals surface area contributed by atoms with Crippen molar-refractivity contribution in [2.24, 2.45) is 0 Å². The summed E-state index contributed by atoms with van der Waals surface area (Å²) in [6.45, 7) is 7.60. The molecule has 0 unspecified atom stereocenters. The van der Waals surface area contributed by atoms with Gasteiger partial charge in [-0.05, 0) is 37.4 Å². The standard InChI is InChI=1S/C24H25ClFN5O2/c1-3-30(4-2)9-5-6-23(32)31-10-11-33-22-14-20-17(13-21(22)31)24(28-15-27-20)29-16-7-8-19(26)18(25)12-16/h5-8,12-15H,3-4,9-11H2,1-2H3,(H,27,28,29). The summed E-state index contributed by atoms with van der Waals surface area (Å²) in [6, 6.07) is 7.99. The van der Waals surface area contributed by atoms with Crippen LogP contribution in [0.1, 0.15) is 13.8 Å². The molecule has 3 aromatic rings. The fourth-order valence-corrected chi connectivity index (χ4v) is 3.86. The number of nitrogens with one attached hydrogen (secondary N) is 1. The van der Waals surface area contributed by atoms with Gasteiger partial charge in [-0.1, -0.05) is 31.5 Å². The molecule has 0 fully saturated rings. The van der Waals surface area contributed by atoms with Crippen LogP contribution >= 0.6 is 11.6 Å². The first-order valence-electron chi connectivity index (χ1n) is 10.8. The van der Waals surface area contributed by atoms with E-state index in [0.717, 1.165) is 19.6 Å². The van der Waals surface area contributed by atoms with Crippen LogP contribution in [0, 0.1) is 5.82 Å². The van der Waals surface area contributed by atoms with Crippen LogP contribution in [-0.2, 0) is 4.79 Å². The molecule has 0 saturated heterocycles. The molecular formula is C24H25ClFN5O2. The number of amides is 1. The van der Waals surface area contributed by atoms with Crippen molar-refractivity contribution in [2.45, 2.75) is 13.8 Å². The van der Waals surface area contributed by atoms with E-state index in [1.165, 1.54) is 18.5 Å². The zero-order valence-corrected chi connectivity index (χ0v) is 19.3. The Morgan fingerprint density at radius 2 is 2.09 bits per heavy atom. The van der Waals surface area contributed by atoms with Gasteiger partial charge < -0.3 is 19.9 Å². The number of nitrogens with zero attached hydrogens (tertiary/aromatic N) is 4. The van der Waals surface area contributed by atoms with Gasteiger partial charge in [0.2, 0.25) is 0 Å². The van der Waals surface area contributed by atoms with E-state index in [1.807, 2.05) is 12.1 Å². The number of hydrogen-bond donors (Lipinski definition) is 1. The molecule has 33 heavy (non-hydrogen) atoms. The molecule has 4 rings (SSSR count). The normalized spacial score (nSPS) is 13.4. The highest BCUT2D eigenvalue weighted by Gasteiger charge is 2.24. The monoisotopic (exact) mass is 469 g/mol. The van der Waals surface area contributed by atoms with Crippen LogP contribution in [0.5, 0.6) is 5.75 Å². The summed E-state index contributed by atoms with van der Waals surface area (Å²) in [5.74, 6) is 0.501. The number of ether oxygens (including phenoxy) is 1. The molecular weight excluding hydrogens is 445 g/mol. The van der Waals surface area contributed by atoms with Crippen molar-refractivity contribution < 1.29 is 13.9 Å². The third-order valence-corrected chi connectivity index (χ3v) is 5.84. The molecule has 1 aliphatic heterocycles. The summed E-state index contributed by atoms with van der Waals surface area (Å²) in [5.41, 5.74) is 1.90. The Hall–Kier alpha value is -3.23. The number of hydrogen-bond acceptors (Lipinski definition) is 6. The Morgan fingerprint density at radius 1 is 1.27 bits per heavy atom. The second kappa shape index (κ2) is 10.1. The Bertz CT molecular complexity index is 1200. The number of halogens is 2. The maximum Gasteiger partial charge on any atom is 0.250 e. The van der Waals surface area contributed by atoms with Crippen LogP contribution in [-0.4, -0.2) is 53.6 Å². The van der Waals surface area contributed by atoms with Gasteiger partial charge in [0.1, 0.15) is 30.3 Å². The molecule has 9 heteroatoms. The molecule has 1 aliphatic rings. The van der Waals surface area contributed by atoms with Crippen LogP contribution in [0.25, 0.3) is 10.9 Å². The smallest absolute Gasteiger partial charge is 0.250 e. The SMILES string of the molecule is CCN(CC)CC=CC(=O)N1CCOc2cc3ncnc(Nc4ccc(F)c(Cl)c4)c3cc21. The van der Waals surface area contributed by atoms with Crippen molar-refractivity contribution >= 4 is 45.6 Å². The highest BCUT2D eigenvalue weighted by atomic mass is 35.5. The van der Waals surface area contributed by atoms with E-state index in [1.54, 1.807) is 23.1 Å². The van der Waals surface area contributed by atoms with E-state index in [2.05, 4.69) is 34.0 Å². The Labute approximate surface area is 196 Å². The number of carbonyl (C=O) groups excluding carboxylic acids is 1. The van der Waals surface area contributed by atoms with Crippen molar-refractivity contribution in [1.29, 1.82) is 0 Å². The summed E-state index contributed by atoms with van der Waals surface area (Å²) in [7, 11) is 0. The van der Waals surface area contributed by atoms with E-state index in [0.29, 0.717) is 47.0 Å². The molecule has 0 atom stereocenters. The van der Waals surface area contributed by atoms with Gasteiger partial charge in [-0.15, -0.1) is 0 Å². The number of benzene rings is 2. The zero-order chi connectivity index (χ0) is 23.4. The third-order valence-electron chi connectivity index (χ3n) is 5.55. The molecule has 172 valence electrons. The topological polar surface area (TPSA) is 70.6 Å². The Kier molecular flexibility index (Phi) is 7.05. The van der Waals surface area contributed by atoms with Gasteiger partial charge in [0.25, 0.3) is 5.91 Å². The van der Waals surface area contributed by atoms with E-state index < -0.39 is 5.82 Å². The van der Waals surface area contributed by atoms with Gasteiger partial charge in [-0.3, -0.25) is 4.79 Å². The lowest BCUT2D eigenvalue weighted by Crippen LogP contribution is -2.37. The quantitative estimate of drug-likeness (QED) is 0.502. The van der Waals surface area contributed by atoms with Crippen LogP contribution in [0.2, 0.25) is 5.02 Å². The minimum absolute atomic E-state index is 0.0115. The maximum absolute atomic E-state index is 13.5. The van der Waals surface area contributed by atoms with Crippen LogP contribution < -0.4 is 15.0 Å². The molecule has 1 aromatic heterocycles.